The first-order valence-corrected chi connectivity index (χ1v) is 14.0. The zero-order valence-electron chi connectivity index (χ0n) is 21.8. The Morgan fingerprint density at radius 2 is 1.86 bits per heavy atom. The Morgan fingerprint density at radius 1 is 1.07 bits per heavy atom. The van der Waals surface area contributed by atoms with E-state index in [2.05, 4.69) is 25.4 Å². The van der Waals surface area contributed by atoms with Gasteiger partial charge in [0.05, 0.1) is 22.3 Å². The molecule has 0 radical (unpaired) electrons. The first-order chi connectivity index (χ1) is 20.2. The van der Waals surface area contributed by atoms with Gasteiger partial charge in [-0.05, 0) is 37.1 Å². The minimum absolute atomic E-state index is 0.0584. The molecule has 2 bridgehead atoms. The van der Waals surface area contributed by atoms with E-state index in [4.69, 9.17) is 10.5 Å². The second kappa shape index (κ2) is 10.0. The maximum atomic E-state index is 16.6. The quantitative estimate of drug-likeness (QED) is 0.262. The molecule has 218 valence electrons. The minimum Gasteiger partial charge on any atom is -0.461 e. The van der Waals surface area contributed by atoms with Gasteiger partial charge in [-0.2, -0.15) is 28.2 Å². The molecule has 0 saturated carbocycles. The molecule has 2 fully saturated rings. The van der Waals surface area contributed by atoms with Crippen molar-refractivity contribution in [3.8, 4) is 17.1 Å². The van der Waals surface area contributed by atoms with Gasteiger partial charge in [-0.25, -0.2) is 13.8 Å². The van der Waals surface area contributed by atoms with E-state index in [0.717, 1.165) is 42.4 Å². The predicted octanol–water partition coefficient (Wildman–Crippen LogP) is 5.00. The van der Waals surface area contributed by atoms with Crippen LogP contribution in [0.3, 0.4) is 0 Å². The molecule has 5 heterocycles. The predicted molar refractivity (Wildman–Crippen MR) is 147 cm³/mol. The van der Waals surface area contributed by atoms with Crippen molar-refractivity contribution >= 4 is 43.4 Å². The third kappa shape index (κ3) is 4.65. The van der Waals surface area contributed by atoms with Crippen LogP contribution in [0.4, 0.5) is 32.9 Å². The lowest BCUT2D eigenvalue weighted by Gasteiger charge is -2.34. The number of aromatic nitrogens is 5. The summed E-state index contributed by atoms with van der Waals surface area (Å²) in [4.78, 5) is 14.6. The van der Waals surface area contributed by atoms with Crippen LogP contribution in [0, 0.1) is 11.6 Å². The first-order valence-electron chi connectivity index (χ1n) is 13.2. The van der Waals surface area contributed by atoms with Crippen molar-refractivity contribution in [2.75, 3.05) is 30.3 Å². The first kappa shape index (κ1) is 26.8. The number of hydrogen-bond donors (Lipinski definition) is 2. The van der Waals surface area contributed by atoms with Gasteiger partial charge in [0.2, 0.25) is 0 Å². The maximum Gasteiger partial charge on any atom is 0.417 e. The maximum absolute atomic E-state index is 16.6. The minimum atomic E-state index is -4.97. The Hall–Kier alpha value is -4.11. The fourth-order valence-electron chi connectivity index (χ4n) is 5.81. The lowest BCUT2D eigenvalue weighted by Crippen LogP contribution is -2.51. The highest BCUT2D eigenvalue weighted by Gasteiger charge is 2.39. The van der Waals surface area contributed by atoms with E-state index in [0.29, 0.717) is 19.6 Å². The van der Waals surface area contributed by atoms with Gasteiger partial charge >= 0.3 is 12.2 Å². The van der Waals surface area contributed by atoms with Gasteiger partial charge in [0.25, 0.3) is 0 Å². The van der Waals surface area contributed by atoms with Crippen LogP contribution in [0.1, 0.15) is 18.4 Å². The highest BCUT2D eigenvalue weighted by molar-refractivity contribution is 7.22. The number of nitrogens with two attached hydrogens (primary N) is 1. The van der Waals surface area contributed by atoms with E-state index >= 15 is 4.39 Å². The molecule has 3 N–H and O–H groups in total. The molecule has 3 aromatic heterocycles. The van der Waals surface area contributed by atoms with Crippen LogP contribution < -0.4 is 20.7 Å². The van der Waals surface area contributed by atoms with Crippen LogP contribution >= 0.6 is 11.3 Å². The Bertz CT molecular complexity index is 1800. The topological polar surface area (TPSA) is 107 Å². The molecule has 2 saturated heterocycles. The number of hydrogen-bond acceptors (Lipinski definition) is 9. The standard InChI is InChI=1S/C27H23F5N8OS/c28-18-5-4-15(22-23(18)42-25(33)36-22)19-17(27(30,31)32)10-16-21(20(19)29)37-26(41-9-8-40-7-1-6-34-40)38-24(16)39-11-13-2-3-14(12-39)35-13/h1,4-7,10,13-14,35H,2-3,8-9,11-12H2,(H2,33,36). The third-order valence-corrected chi connectivity index (χ3v) is 8.50. The molecular weight excluding hydrogens is 579 g/mol. The van der Waals surface area contributed by atoms with E-state index < -0.39 is 28.9 Å². The van der Waals surface area contributed by atoms with Crippen LogP contribution in [-0.4, -0.2) is 56.5 Å². The number of anilines is 2. The molecule has 0 spiro atoms. The van der Waals surface area contributed by atoms with Gasteiger partial charge in [0, 0.05) is 54.1 Å². The van der Waals surface area contributed by atoms with E-state index in [1.165, 1.54) is 0 Å². The number of nitrogens with zero attached hydrogens (tertiary/aromatic N) is 6. The number of piperazine rings is 1. The van der Waals surface area contributed by atoms with Crippen molar-refractivity contribution in [3.63, 3.8) is 0 Å². The van der Waals surface area contributed by atoms with E-state index in [1.807, 2.05) is 4.90 Å². The molecule has 15 heteroatoms. The summed E-state index contributed by atoms with van der Waals surface area (Å²) in [5, 5.41) is 7.43. The molecule has 0 aliphatic carbocycles. The van der Waals surface area contributed by atoms with Crippen LogP contribution in [0.15, 0.2) is 36.7 Å². The fourth-order valence-corrected chi connectivity index (χ4v) is 6.57. The third-order valence-electron chi connectivity index (χ3n) is 7.60. The molecule has 5 aromatic rings. The van der Waals surface area contributed by atoms with Crippen molar-refractivity contribution < 1.29 is 26.7 Å². The van der Waals surface area contributed by atoms with Crippen molar-refractivity contribution in [1.29, 1.82) is 0 Å². The number of ether oxygens (including phenoxy) is 1. The lowest BCUT2D eigenvalue weighted by atomic mass is 9.95. The number of halogens is 5. The number of nitrogens with one attached hydrogen (secondary N) is 1. The molecule has 2 unspecified atom stereocenters. The summed E-state index contributed by atoms with van der Waals surface area (Å²) in [6, 6.07) is 4.76. The average molecular weight is 603 g/mol. The number of fused-ring (bicyclic) bond motifs is 4. The summed E-state index contributed by atoms with van der Waals surface area (Å²) < 4.78 is 82.4. The van der Waals surface area contributed by atoms with E-state index in [1.54, 1.807) is 23.1 Å². The fraction of sp³-hybridized carbons (Fsp3) is 0.333. The molecule has 0 amide bonds. The molecule has 42 heavy (non-hydrogen) atoms. The average Bonchev–Trinajstić information content (AvgIpc) is 3.69. The highest BCUT2D eigenvalue weighted by Crippen LogP contribution is 2.46. The van der Waals surface area contributed by atoms with Gasteiger partial charge in [0.15, 0.2) is 10.9 Å². The molecule has 2 aliphatic heterocycles. The van der Waals surface area contributed by atoms with Crippen LogP contribution in [-0.2, 0) is 12.7 Å². The Morgan fingerprint density at radius 3 is 2.57 bits per heavy atom. The summed E-state index contributed by atoms with van der Waals surface area (Å²) in [6.07, 6.45) is 0.222. The van der Waals surface area contributed by atoms with Crippen molar-refractivity contribution in [2.24, 2.45) is 0 Å². The number of nitrogen functional groups attached to an aromatic ring is 1. The molecule has 7 rings (SSSR count). The van der Waals surface area contributed by atoms with Gasteiger partial charge in [0.1, 0.15) is 23.8 Å². The normalized spacial score (nSPS) is 18.8. The SMILES string of the molecule is Nc1nc2c(-c3c(C(F)(F)F)cc4c(N5CC6CCC(C5)N6)nc(OCCn5cccn5)nc4c3F)ccc(F)c2s1. The highest BCUT2D eigenvalue weighted by atomic mass is 32.1. The lowest BCUT2D eigenvalue weighted by molar-refractivity contribution is -0.137. The summed E-state index contributed by atoms with van der Waals surface area (Å²) in [5.74, 6) is -1.80. The Labute approximate surface area is 239 Å². The smallest absolute Gasteiger partial charge is 0.417 e. The van der Waals surface area contributed by atoms with Crippen molar-refractivity contribution in [3.05, 3.63) is 53.9 Å². The number of thiazole rings is 1. The van der Waals surface area contributed by atoms with E-state index in [-0.39, 0.29) is 62.3 Å². The summed E-state index contributed by atoms with van der Waals surface area (Å²) >= 11 is 0.771. The molecule has 2 aromatic carbocycles. The number of alkyl halides is 3. The second-order valence-corrected chi connectivity index (χ2v) is 11.4. The number of rotatable bonds is 6. The molecular formula is C27H23F5N8OS. The van der Waals surface area contributed by atoms with Gasteiger partial charge in [-0.3, -0.25) is 4.68 Å². The second-order valence-electron chi connectivity index (χ2n) is 10.3. The zero-order valence-corrected chi connectivity index (χ0v) is 22.6. The Kier molecular flexibility index (Phi) is 6.38. The van der Waals surface area contributed by atoms with Crippen LogP contribution in [0.25, 0.3) is 32.2 Å². The van der Waals surface area contributed by atoms with Crippen LogP contribution in [0.2, 0.25) is 0 Å². The molecule has 2 atom stereocenters. The summed E-state index contributed by atoms with van der Waals surface area (Å²) in [6.45, 7) is 1.40. The molecule has 9 nitrogen and oxygen atoms in total. The monoisotopic (exact) mass is 602 g/mol. The summed E-state index contributed by atoms with van der Waals surface area (Å²) in [7, 11) is 0. The van der Waals surface area contributed by atoms with Gasteiger partial charge in [-0.15, -0.1) is 0 Å². The van der Waals surface area contributed by atoms with Gasteiger partial charge in [-0.1, -0.05) is 11.3 Å². The molecule has 2 aliphatic rings. The Balaban J connectivity index is 1.43. The summed E-state index contributed by atoms with van der Waals surface area (Å²) in [5.41, 5.74) is 2.97. The van der Waals surface area contributed by atoms with Crippen LogP contribution in [0.5, 0.6) is 6.01 Å². The number of benzene rings is 2. The zero-order chi connectivity index (χ0) is 29.2. The van der Waals surface area contributed by atoms with Crippen molar-refractivity contribution in [2.45, 2.75) is 37.6 Å². The largest absolute Gasteiger partial charge is 0.461 e. The van der Waals surface area contributed by atoms with E-state index in [9.17, 15) is 17.6 Å². The van der Waals surface area contributed by atoms with Gasteiger partial charge < -0.3 is 20.7 Å². The van der Waals surface area contributed by atoms with Crippen molar-refractivity contribution in [1.82, 2.24) is 30.0 Å².